The summed E-state index contributed by atoms with van der Waals surface area (Å²) in [5, 5.41) is 0.864. The fraction of sp³-hybridized carbons (Fsp3) is 0.250. The van der Waals surface area contributed by atoms with E-state index in [9.17, 15) is 4.79 Å². The molecule has 0 bridgehead atoms. The Morgan fingerprint density at radius 1 is 1.43 bits per heavy atom. The number of furan rings is 1. The molecular formula is C16H16N2O3. The SMILES string of the molecule is COC/C(C)=C/Cn1cnc2c(oc3ccccc32)c1=O. The Morgan fingerprint density at radius 3 is 3.05 bits per heavy atom. The predicted octanol–water partition coefficient (Wildman–Crippen LogP) is 2.74. The highest BCUT2D eigenvalue weighted by atomic mass is 16.5. The van der Waals surface area contributed by atoms with Gasteiger partial charge in [-0.15, -0.1) is 0 Å². The second-order valence-electron chi connectivity index (χ2n) is 4.96. The van der Waals surface area contributed by atoms with Crippen molar-refractivity contribution in [1.82, 2.24) is 9.55 Å². The summed E-state index contributed by atoms with van der Waals surface area (Å²) in [4.78, 5) is 16.8. The molecule has 0 N–H and O–H groups in total. The third-order valence-corrected chi connectivity index (χ3v) is 3.36. The van der Waals surface area contributed by atoms with Gasteiger partial charge in [0.1, 0.15) is 11.1 Å². The highest BCUT2D eigenvalue weighted by Gasteiger charge is 2.12. The van der Waals surface area contributed by atoms with Crippen molar-refractivity contribution in [2.45, 2.75) is 13.5 Å². The summed E-state index contributed by atoms with van der Waals surface area (Å²) in [6.07, 6.45) is 3.50. The maximum atomic E-state index is 12.4. The molecular weight excluding hydrogens is 268 g/mol. The number of rotatable bonds is 4. The van der Waals surface area contributed by atoms with Crippen molar-refractivity contribution >= 4 is 22.1 Å². The molecule has 1 aromatic carbocycles. The van der Waals surface area contributed by atoms with Gasteiger partial charge >= 0.3 is 0 Å². The van der Waals surface area contributed by atoms with Crippen LogP contribution in [0, 0.1) is 0 Å². The van der Waals surface area contributed by atoms with Crippen LogP contribution in [0.15, 0.2) is 51.5 Å². The van der Waals surface area contributed by atoms with Crippen LogP contribution in [0.2, 0.25) is 0 Å². The summed E-state index contributed by atoms with van der Waals surface area (Å²) < 4.78 is 12.2. The number of para-hydroxylation sites is 1. The maximum Gasteiger partial charge on any atom is 0.297 e. The summed E-state index contributed by atoms with van der Waals surface area (Å²) in [5.74, 6) is 0. The Kier molecular flexibility index (Phi) is 3.58. The standard InChI is InChI=1S/C16H16N2O3/c1-11(9-20-2)7-8-18-10-17-14-12-5-3-4-6-13(12)21-15(14)16(18)19/h3-7,10H,8-9H2,1-2H3/b11-7+. The number of ether oxygens (including phenoxy) is 1. The molecule has 5 heteroatoms. The van der Waals surface area contributed by atoms with Crippen molar-refractivity contribution in [2.75, 3.05) is 13.7 Å². The molecule has 21 heavy (non-hydrogen) atoms. The Balaban J connectivity index is 2.06. The molecule has 0 saturated heterocycles. The van der Waals surface area contributed by atoms with Gasteiger partial charge in [0.2, 0.25) is 5.58 Å². The van der Waals surface area contributed by atoms with E-state index in [1.165, 1.54) is 4.57 Å². The molecule has 3 aromatic rings. The minimum absolute atomic E-state index is 0.169. The first-order valence-electron chi connectivity index (χ1n) is 6.72. The summed E-state index contributed by atoms with van der Waals surface area (Å²) >= 11 is 0. The first-order chi connectivity index (χ1) is 10.2. The van der Waals surface area contributed by atoms with Crippen molar-refractivity contribution in [1.29, 1.82) is 0 Å². The first-order valence-corrected chi connectivity index (χ1v) is 6.72. The zero-order valence-corrected chi connectivity index (χ0v) is 12.0. The van der Waals surface area contributed by atoms with Crippen molar-refractivity contribution in [2.24, 2.45) is 0 Å². The highest BCUT2D eigenvalue weighted by Crippen LogP contribution is 2.23. The summed E-state index contributed by atoms with van der Waals surface area (Å²) in [5.41, 5.74) is 2.49. The number of hydrogen-bond acceptors (Lipinski definition) is 4. The second-order valence-corrected chi connectivity index (χ2v) is 4.96. The molecule has 0 aliphatic heterocycles. The van der Waals surface area contributed by atoms with Crippen molar-refractivity contribution < 1.29 is 9.15 Å². The average Bonchev–Trinajstić information content (AvgIpc) is 2.86. The lowest BCUT2D eigenvalue weighted by Crippen LogP contribution is -2.19. The van der Waals surface area contributed by atoms with Crippen molar-refractivity contribution in [3.05, 3.63) is 52.6 Å². The van der Waals surface area contributed by atoms with E-state index < -0.39 is 0 Å². The van der Waals surface area contributed by atoms with Crippen LogP contribution in [-0.2, 0) is 11.3 Å². The minimum atomic E-state index is -0.169. The summed E-state index contributed by atoms with van der Waals surface area (Å²) in [6.45, 7) is 2.96. The third kappa shape index (κ3) is 2.48. The molecule has 0 saturated carbocycles. The van der Waals surface area contributed by atoms with E-state index in [0.29, 0.717) is 29.8 Å². The number of methoxy groups -OCH3 is 1. The summed E-state index contributed by atoms with van der Waals surface area (Å²) in [7, 11) is 1.64. The van der Waals surface area contributed by atoms with Gasteiger partial charge in [0.25, 0.3) is 5.56 Å². The third-order valence-electron chi connectivity index (χ3n) is 3.36. The maximum absolute atomic E-state index is 12.4. The molecule has 0 spiro atoms. The fourth-order valence-corrected chi connectivity index (χ4v) is 2.29. The van der Waals surface area contributed by atoms with Gasteiger partial charge < -0.3 is 9.15 Å². The van der Waals surface area contributed by atoms with Gasteiger partial charge in [0.05, 0.1) is 12.9 Å². The zero-order chi connectivity index (χ0) is 14.8. The molecule has 0 radical (unpaired) electrons. The van der Waals surface area contributed by atoms with Gasteiger partial charge in [-0.3, -0.25) is 9.36 Å². The van der Waals surface area contributed by atoms with Gasteiger partial charge in [-0.1, -0.05) is 23.8 Å². The van der Waals surface area contributed by atoms with Crippen LogP contribution in [-0.4, -0.2) is 23.3 Å². The molecule has 0 amide bonds. The molecule has 2 heterocycles. The van der Waals surface area contributed by atoms with Gasteiger partial charge in [-0.2, -0.15) is 0 Å². The predicted molar refractivity (Wildman–Crippen MR) is 81.4 cm³/mol. The van der Waals surface area contributed by atoms with E-state index in [1.54, 1.807) is 13.4 Å². The molecule has 0 fully saturated rings. The van der Waals surface area contributed by atoms with Crippen molar-refractivity contribution in [3.8, 4) is 0 Å². The average molecular weight is 284 g/mol. The number of hydrogen-bond donors (Lipinski definition) is 0. The van der Waals surface area contributed by atoms with Gasteiger partial charge in [0.15, 0.2) is 0 Å². The number of aromatic nitrogens is 2. The molecule has 3 rings (SSSR count). The van der Waals surface area contributed by atoms with E-state index >= 15 is 0 Å². The first kappa shape index (κ1) is 13.6. The molecule has 0 atom stereocenters. The van der Waals surface area contributed by atoms with Gasteiger partial charge in [0, 0.05) is 19.0 Å². The van der Waals surface area contributed by atoms with Gasteiger partial charge in [-0.05, 0) is 19.1 Å². The fourth-order valence-electron chi connectivity index (χ4n) is 2.29. The lowest BCUT2D eigenvalue weighted by molar-refractivity contribution is 0.225. The highest BCUT2D eigenvalue weighted by molar-refractivity contribution is 6.01. The van der Waals surface area contributed by atoms with E-state index in [4.69, 9.17) is 9.15 Å². The van der Waals surface area contributed by atoms with Crippen LogP contribution < -0.4 is 5.56 Å². The Bertz CT molecular complexity index is 874. The monoisotopic (exact) mass is 284 g/mol. The van der Waals surface area contributed by atoms with E-state index in [-0.39, 0.29) is 5.56 Å². The molecule has 108 valence electrons. The Hall–Kier alpha value is -2.40. The zero-order valence-electron chi connectivity index (χ0n) is 12.0. The Morgan fingerprint density at radius 2 is 2.24 bits per heavy atom. The smallest absolute Gasteiger partial charge is 0.297 e. The van der Waals surface area contributed by atoms with Crippen LogP contribution >= 0.6 is 0 Å². The molecule has 0 aliphatic rings. The van der Waals surface area contributed by atoms with Crippen LogP contribution in [0.25, 0.3) is 22.1 Å². The number of nitrogens with zero attached hydrogens (tertiary/aromatic N) is 2. The van der Waals surface area contributed by atoms with Crippen LogP contribution in [0.5, 0.6) is 0 Å². The van der Waals surface area contributed by atoms with Crippen molar-refractivity contribution in [3.63, 3.8) is 0 Å². The van der Waals surface area contributed by atoms with Crippen LogP contribution in [0.4, 0.5) is 0 Å². The minimum Gasteiger partial charge on any atom is -0.448 e. The molecule has 2 aromatic heterocycles. The molecule has 0 aliphatic carbocycles. The second kappa shape index (κ2) is 5.54. The summed E-state index contributed by atoms with van der Waals surface area (Å²) in [6, 6.07) is 7.52. The lowest BCUT2D eigenvalue weighted by atomic mass is 10.2. The molecule has 0 unspecified atom stereocenters. The van der Waals surface area contributed by atoms with Crippen LogP contribution in [0.3, 0.4) is 0 Å². The number of allylic oxidation sites excluding steroid dienone is 1. The quantitative estimate of drug-likeness (QED) is 0.691. The largest absolute Gasteiger partial charge is 0.448 e. The van der Waals surface area contributed by atoms with E-state index in [0.717, 1.165) is 11.0 Å². The topological polar surface area (TPSA) is 57.3 Å². The molecule has 5 nitrogen and oxygen atoms in total. The number of fused-ring (bicyclic) bond motifs is 3. The number of benzene rings is 1. The van der Waals surface area contributed by atoms with E-state index in [2.05, 4.69) is 4.98 Å². The normalized spacial score (nSPS) is 12.4. The van der Waals surface area contributed by atoms with Crippen LogP contribution in [0.1, 0.15) is 6.92 Å². The Labute approximate surface area is 121 Å². The lowest BCUT2D eigenvalue weighted by Gasteiger charge is -2.02. The van der Waals surface area contributed by atoms with Gasteiger partial charge in [-0.25, -0.2) is 4.98 Å². The van der Waals surface area contributed by atoms with E-state index in [1.807, 2.05) is 37.3 Å².